The number of nitrogens with one attached hydrogen (secondary N) is 1. The third-order valence-corrected chi connectivity index (χ3v) is 4.42. The number of benzene rings is 1. The quantitative estimate of drug-likeness (QED) is 0.734. The van der Waals surface area contributed by atoms with E-state index in [2.05, 4.69) is 53.8 Å². The Morgan fingerprint density at radius 3 is 2.72 bits per heavy atom. The summed E-state index contributed by atoms with van der Waals surface area (Å²) < 4.78 is 1.99. The first kappa shape index (κ1) is 13.2. The fourth-order valence-corrected chi connectivity index (χ4v) is 1.94. The summed E-state index contributed by atoms with van der Waals surface area (Å²) in [6, 6.07) is 5.54. The molecule has 0 spiro atoms. The highest BCUT2D eigenvalue weighted by atomic mass is 127. The lowest BCUT2D eigenvalue weighted by molar-refractivity contribution is 0.102. The van der Waals surface area contributed by atoms with Crippen LogP contribution < -0.4 is 11.1 Å². The summed E-state index contributed by atoms with van der Waals surface area (Å²) in [6.45, 7) is 0. The summed E-state index contributed by atoms with van der Waals surface area (Å²) in [5.74, 6) is -0.0424. The molecule has 0 atom stereocenters. The highest BCUT2D eigenvalue weighted by Gasteiger charge is 2.08. The summed E-state index contributed by atoms with van der Waals surface area (Å²) in [5, 5.41) is 2.73. The Hall–Kier alpha value is -1.22. The molecule has 2 rings (SSSR count). The number of aromatic nitrogens is 2. The number of anilines is 2. The van der Waals surface area contributed by atoms with Crippen molar-refractivity contribution in [3.05, 3.63) is 44.3 Å². The third-order valence-electron chi connectivity index (χ3n) is 2.08. The minimum Gasteiger partial charge on any atom is -0.382 e. The van der Waals surface area contributed by atoms with Crippen molar-refractivity contribution in [3.8, 4) is 0 Å². The van der Waals surface area contributed by atoms with Gasteiger partial charge in [0, 0.05) is 13.7 Å². The molecule has 5 nitrogen and oxygen atoms in total. The fraction of sp³-hybridized carbons (Fsp3) is 0. The lowest BCUT2D eigenvalue weighted by Crippen LogP contribution is -2.14. The van der Waals surface area contributed by atoms with Crippen molar-refractivity contribution in [2.45, 2.75) is 0 Å². The number of halogens is 2. The van der Waals surface area contributed by atoms with Crippen LogP contribution in [0.4, 0.5) is 11.5 Å². The normalized spacial score (nSPS) is 10.1. The van der Waals surface area contributed by atoms with Crippen molar-refractivity contribution < 1.29 is 4.79 Å². The molecule has 1 aromatic carbocycles. The number of rotatable bonds is 2. The van der Waals surface area contributed by atoms with Crippen LogP contribution in [0.15, 0.2) is 35.1 Å². The van der Waals surface area contributed by atoms with Gasteiger partial charge in [0.2, 0.25) is 0 Å². The maximum absolute atomic E-state index is 11.8. The van der Waals surface area contributed by atoms with Gasteiger partial charge in [-0.15, -0.1) is 0 Å². The third kappa shape index (κ3) is 3.16. The second kappa shape index (κ2) is 5.61. The van der Waals surface area contributed by atoms with E-state index in [0.29, 0.717) is 5.69 Å². The molecule has 18 heavy (non-hydrogen) atoms. The molecule has 0 aliphatic rings. The summed E-state index contributed by atoms with van der Waals surface area (Å²) in [4.78, 5) is 19.6. The Morgan fingerprint density at radius 1 is 1.33 bits per heavy atom. The van der Waals surface area contributed by atoms with E-state index >= 15 is 0 Å². The van der Waals surface area contributed by atoms with Crippen LogP contribution in [-0.4, -0.2) is 15.9 Å². The van der Waals surface area contributed by atoms with E-state index < -0.39 is 0 Å². The zero-order valence-electron chi connectivity index (χ0n) is 9.02. The lowest BCUT2D eigenvalue weighted by atomic mass is 10.3. The predicted octanol–water partition coefficient (Wildman–Crippen LogP) is 2.68. The second-order valence-corrected chi connectivity index (χ2v) is 5.43. The van der Waals surface area contributed by atoms with E-state index in [-0.39, 0.29) is 17.4 Å². The van der Waals surface area contributed by atoms with E-state index in [4.69, 9.17) is 5.73 Å². The molecule has 0 unspecified atom stereocenters. The number of hydrogen-bond acceptors (Lipinski definition) is 4. The predicted molar refractivity (Wildman–Crippen MR) is 81.3 cm³/mol. The molecular weight excluding hydrogens is 411 g/mol. The van der Waals surface area contributed by atoms with Gasteiger partial charge in [0.25, 0.3) is 5.91 Å². The first-order valence-electron chi connectivity index (χ1n) is 4.90. The fourth-order valence-electron chi connectivity index (χ4n) is 1.22. The van der Waals surface area contributed by atoms with Crippen LogP contribution in [0, 0.1) is 3.57 Å². The standard InChI is InChI=1S/C11H8BrIN4O/c12-7-3-6(1-2-8(7)13)17-11(18)9-4-16-10(14)5-15-9/h1-5H,(H2,14,16)(H,17,18). The van der Waals surface area contributed by atoms with Crippen LogP contribution in [0.3, 0.4) is 0 Å². The average molecular weight is 419 g/mol. The van der Waals surface area contributed by atoms with Gasteiger partial charge in [0.15, 0.2) is 0 Å². The smallest absolute Gasteiger partial charge is 0.275 e. The molecule has 92 valence electrons. The number of nitrogens with zero attached hydrogens (tertiary/aromatic N) is 2. The molecule has 2 aromatic rings. The van der Waals surface area contributed by atoms with Gasteiger partial charge in [0.1, 0.15) is 11.5 Å². The van der Waals surface area contributed by atoms with Crippen LogP contribution in [-0.2, 0) is 0 Å². The van der Waals surface area contributed by atoms with Crippen LogP contribution in [0.5, 0.6) is 0 Å². The molecule has 1 aromatic heterocycles. The van der Waals surface area contributed by atoms with Gasteiger partial charge in [0.05, 0.1) is 12.4 Å². The Bertz CT molecular complexity index is 588. The Labute approximate surface area is 125 Å². The SMILES string of the molecule is Nc1cnc(C(=O)Nc2ccc(I)c(Br)c2)cn1. The molecule has 0 saturated heterocycles. The molecule has 1 heterocycles. The first-order chi connectivity index (χ1) is 8.56. The van der Waals surface area contributed by atoms with Gasteiger partial charge in [-0.1, -0.05) is 0 Å². The molecule has 0 radical (unpaired) electrons. The second-order valence-electron chi connectivity index (χ2n) is 3.41. The Morgan fingerprint density at radius 2 is 2.11 bits per heavy atom. The van der Waals surface area contributed by atoms with Gasteiger partial charge >= 0.3 is 0 Å². The van der Waals surface area contributed by atoms with E-state index in [1.54, 1.807) is 0 Å². The molecule has 0 bridgehead atoms. The molecule has 0 fully saturated rings. The minimum atomic E-state index is -0.324. The number of carbonyl (C=O) groups excluding carboxylic acids is 1. The van der Waals surface area contributed by atoms with E-state index in [1.807, 2.05) is 18.2 Å². The Balaban J connectivity index is 2.16. The summed E-state index contributed by atoms with van der Waals surface area (Å²) >= 11 is 5.59. The summed E-state index contributed by atoms with van der Waals surface area (Å²) in [7, 11) is 0. The minimum absolute atomic E-state index is 0.221. The number of carbonyl (C=O) groups is 1. The van der Waals surface area contributed by atoms with Gasteiger partial charge in [-0.05, 0) is 56.7 Å². The zero-order valence-corrected chi connectivity index (χ0v) is 12.8. The molecule has 3 N–H and O–H groups in total. The van der Waals surface area contributed by atoms with Crippen LogP contribution >= 0.6 is 38.5 Å². The molecule has 0 aliphatic heterocycles. The van der Waals surface area contributed by atoms with Gasteiger partial charge < -0.3 is 11.1 Å². The van der Waals surface area contributed by atoms with Crippen molar-refractivity contribution in [1.82, 2.24) is 9.97 Å². The summed E-state index contributed by atoms with van der Waals surface area (Å²) in [6.07, 6.45) is 2.69. The van der Waals surface area contributed by atoms with Crippen LogP contribution in [0.2, 0.25) is 0 Å². The van der Waals surface area contributed by atoms with Crippen molar-refractivity contribution in [3.63, 3.8) is 0 Å². The molecular formula is C11H8BrIN4O. The summed E-state index contributed by atoms with van der Waals surface area (Å²) in [5.41, 5.74) is 6.31. The van der Waals surface area contributed by atoms with E-state index in [0.717, 1.165) is 8.04 Å². The van der Waals surface area contributed by atoms with E-state index in [1.165, 1.54) is 12.4 Å². The van der Waals surface area contributed by atoms with Gasteiger partial charge in [-0.25, -0.2) is 9.97 Å². The van der Waals surface area contributed by atoms with Gasteiger partial charge in [-0.3, -0.25) is 4.79 Å². The lowest BCUT2D eigenvalue weighted by Gasteiger charge is -2.05. The molecule has 0 saturated carbocycles. The van der Waals surface area contributed by atoms with Crippen molar-refractivity contribution >= 4 is 55.9 Å². The largest absolute Gasteiger partial charge is 0.382 e. The maximum atomic E-state index is 11.8. The maximum Gasteiger partial charge on any atom is 0.275 e. The highest BCUT2D eigenvalue weighted by Crippen LogP contribution is 2.23. The highest BCUT2D eigenvalue weighted by molar-refractivity contribution is 14.1. The topological polar surface area (TPSA) is 80.9 Å². The van der Waals surface area contributed by atoms with Gasteiger partial charge in [-0.2, -0.15) is 0 Å². The average Bonchev–Trinajstić information content (AvgIpc) is 2.34. The zero-order chi connectivity index (χ0) is 13.1. The van der Waals surface area contributed by atoms with Crippen LogP contribution in [0.1, 0.15) is 10.5 Å². The van der Waals surface area contributed by atoms with Crippen LogP contribution in [0.25, 0.3) is 0 Å². The molecule has 1 amide bonds. The Kier molecular flexibility index (Phi) is 4.12. The van der Waals surface area contributed by atoms with E-state index in [9.17, 15) is 4.79 Å². The van der Waals surface area contributed by atoms with Crippen molar-refractivity contribution in [2.75, 3.05) is 11.1 Å². The number of hydrogen-bond donors (Lipinski definition) is 2. The molecule has 0 aliphatic carbocycles. The molecule has 7 heteroatoms. The van der Waals surface area contributed by atoms with Crippen molar-refractivity contribution in [1.29, 1.82) is 0 Å². The number of nitrogen functional groups attached to an aromatic ring is 1. The number of amides is 1. The monoisotopic (exact) mass is 418 g/mol. The van der Waals surface area contributed by atoms with Crippen molar-refractivity contribution in [2.24, 2.45) is 0 Å². The first-order valence-corrected chi connectivity index (χ1v) is 6.77. The number of nitrogens with two attached hydrogens (primary N) is 1.